The van der Waals surface area contributed by atoms with E-state index in [1.54, 1.807) is 25.0 Å². The van der Waals surface area contributed by atoms with Crippen LogP contribution in [0.15, 0.2) is 30.3 Å². The van der Waals surface area contributed by atoms with Crippen molar-refractivity contribution in [3.63, 3.8) is 0 Å². The van der Waals surface area contributed by atoms with E-state index in [9.17, 15) is 4.79 Å². The minimum absolute atomic E-state index is 0.0821. The molecule has 0 radical (unpaired) electrons. The maximum absolute atomic E-state index is 12.6. The molecule has 1 fully saturated rings. The molecule has 0 spiro atoms. The van der Waals surface area contributed by atoms with Gasteiger partial charge in [0.25, 0.3) is 5.91 Å². The Hall–Kier alpha value is -2.67. The van der Waals surface area contributed by atoms with Gasteiger partial charge in [-0.3, -0.25) is 4.79 Å². The molecule has 1 N–H and O–H groups in total. The largest absolute Gasteiger partial charge is 0.497 e. The Bertz CT molecular complexity index is 728. The Morgan fingerprint density at radius 1 is 1.24 bits per heavy atom. The van der Waals surface area contributed by atoms with Crippen LogP contribution in [0.4, 0.5) is 5.82 Å². The van der Waals surface area contributed by atoms with Gasteiger partial charge in [-0.25, -0.2) is 9.97 Å². The normalized spacial score (nSPS) is 14.2. The number of aryl methyl sites for hydroxylation is 1. The lowest BCUT2D eigenvalue weighted by Gasteiger charge is -2.26. The zero-order valence-corrected chi connectivity index (χ0v) is 14.5. The number of hydrogen-bond acceptors (Lipinski definition) is 6. The quantitative estimate of drug-likeness (QED) is 0.894. The summed E-state index contributed by atoms with van der Waals surface area (Å²) in [5, 5.41) is 3.25. The molecule has 132 valence electrons. The maximum Gasteiger partial charge on any atom is 0.272 e. The van der Waals surface area contributed by atoms with Crippen LogP contribution in [0.3, 0.4) is 0 Å². The Kier molecular flexibility index (Phi) is 5.45. The topological polar surface area (TPSA) is 76.6 Å². The van der Waals surface area contributed by atoms with Crippen LogP contribution >= 0.6 is 0 Å². The molecule has 1 aromatic carbocycles. The van der Waals surface area contributed by atoms with Crippen molar-refractivity contribution in [3.8, 4) is 5.75 Å². The smallest absolute Gasteiger partial charge is 0.272 e. The highest BCUT2D eigenvalue weighted by Gasteiger charge is 2.20. The molecular formula is C18H22N4O3. The number of rotatable bonds is 5. The fourth-order valence-electron chi connectivity index (χ4n) is 2.63. The molecule has 0 atom stereocenters. The number of carbonyl (C=O) groups is 1. The summed E-state index contributed by atoms with van der Waals surface area (Å²) in [6.07, 6.45) is 0. The fourth-order valence-corrected chi connectivity index (χ4v) is 2.63. The number of methoxy groups -OCH3 is 1. The molecular weight excluding hydrogens is 320 g/mol. The van der Waals surface area contributed by atoms with Crippen molar-refractivity contribution in [2.45, 2.75) is 13.5 Å². The second-order valence-corrected chi connectivity index (χ2v) is 5.79. The number of amides is 1. The second kappa shape index (κ2) is 7.94. The Balaban J connectivity index is 1.68. The standard InChI is InChI=1S/C18H22N4O3/c1-13-20-16(18(23)22-7-9-25-10-8-22)11-17(21-13)19-12-14-3-5-15(24-2)6-4-14/h3-6,11H,7-10,12H2,1-2H3,(H,19,20,21). The predicted molar refractivity (Wildman–Crippen MR) is 93.8 cm³/mol. The molecule has 7 nitrogen and oxygen atoms in total. The van der Waals surface area contributed by atoms with Crippen LogP contribution < -0.4 is 10.1 Å². The summed E-state index contributed by atoms with van der Waals surface area (Å²) in [6, 6.07) is 9.50. The Morgan fingerprint density at radius 2 is 1.96 bits per heavy atom. The number of nitrogens with one attached hydrogen (secondary N) is 1. The van der Waals surface area contributed by atoms with Crippen molar-refractivity contribution >= 4 is 11.7 Å². The third-order valence-electron chi connectivity index (χ3n) is 3.99. The molecule has 1 aromatic heterocycles. The van der Waals surface area contributed by atoms with Crippen LogP contribution in [-0.2, 0) is 11.3 Å². The van der Waals surface area contributed by atoms with Crippen molar-refractivity contribution in [1.82, 2.24) is 14.9 Å². The zero-order chi connectivity index (χ0) is 17.6. The van der Waals surface area contributed by atoms with Crippen LogP contribution in [0, 0.1) is 6.92 Å². The van der Waals surface area contributed by atoms with Gasteiger partial charge in [0, 0.05) is 25.7 Å². The van der Waals surface area contributed by atoms with Crippen molar-refractivity contribution < 1.29 is 14.3 Å². The molecule has 3 rings (SSSR count). The summed E-state index contributed by atoms with van der Waals surface area (Å²) in [5.41, 5.74) is 1.50. The molecule has 2 aromatic rings. The van der Waals surface area contributed by atoms with Crippen molar-refractivity contribution in [3.05, 3.63) is 47.4 Å². The number of nitrogens with zero attached hydrogens (tertiary/aromatic N) is 3. The first kappa shape index (κ1) is 17.2. The van der Waals surface area contributed by atoms with E-state index in [2.05, 4.69) is 15.3 Å². The van der Waals surface area contributed by atoms with Crippen molar-refractivity contribution in [2.75, 3.05) is 38.7 Å². The first-order valence-electron chi connectivity index (χ1n) is 8.25. The molecule has 0 unspecified atom stereocenters. The highest BCUT2D eigenvalue weighted by molar-refractivity contribution is 5.93. The fraction of sp³-hybridized carbons (Fsp3) is 0.389. The van der Waals surface area contributed by atoms with Gasteiger partial charge in [-0.1, -0.05) is 12.1 Å². The van der Waals surface area contributed by atoms with Gasteiger partial charge in [0.05, 0.1) is 20.3 Å². The molecule has 1 amide bonds. The van der Waals surface area contributed by atoms with Gasteiger partial charge < -0.3 is 19.7 Å². The minimum Gasteiger partial charge on any atom is -0.497 e. The SMILES string of the molecule is COc1ccc(CNc2cc(C(=O)N3CCOCC3)nc(C)n2)cc1. The Labute approximate surface area is 147 Å². The van der Waals surface area contributed by atoms with Gasteiger partial charge in [-0.15, -0.1) is 0 Å². The average molecular weight is 342 g/mol. The summed E-state index contributed by atoms with van der Waals surface area (Å²) < 4.78 is 10.4. The molecule has 0 aliphatic carbocycles. The molecule has 1 saturated heterocycles. The third-order valence-corrected chi connectivity index (χ3v) is 3.99. The molecule has 1 aliphatic rings. The highest BCUT2D eigenvalue weighted by Crippen LogP contribution is 2.14. The number of hydrogen-bond donors (Lipinski definition) is 1. The van der Waals surface area contributed by atoms with Gasteiger partial charge in [0.1, 0.15) is 23.1 Å². The maximum atomic E-state index is 12.6. The lowest BCUT2D eigenvalue weighted by molar-refractivity contribution is 0.0299. The summed E-state index contributed by atoms with van der Waals surface area (Å²) in [7, 11) is 1.64. The number of aromatic nitrogens is 2. The first-order valence-corrected chi connectivity index (χ1v) is 8.25. The van der Waals surface area contributed by atoms with E-state index < -0.39 is 0 Å². The summed E-state index contributed by atoms with van der Waals surface area (Å²) in [4.78, 5) is 23.0. The van der Waals surface area contributed by atoms with Crippen molar-refractivity contribution in [1.29, 1.82) is 0 Å². The molecule has 0 saturated carbocycles. The average Bonchev–Trinajstić information content (AvgIpc) is 2.66. The Morgan fingerprint density at radius 3 is 2.64 bits per heavy atom. The first-order chi connectivity index (χ1) is 12.2. The summed E-state index contributed by atoms with van der Waals surface area (Å²) in [6.45, 7) is 4.71. The van der Waals surface area contributed by atoms with E-state index in [0.717, 1.165) is 11.3 Å². The third kappa shape index (κ3) is 4.45. The molecule has 25 heavy (non-hydrogen) atoms. The number of ether oxygens (including phenoxy) is 2. The van der Waals surface area contributed by atoms with Crippen LogP contribution in [0.25, 0.3) is 0 Å². The van der Waals surface area contributed by atoms with Gasteiger partial charge in [-0.2, -0.15) is 0 Å². The number of morpholine rings is 1. The number of carbonyl (C=O) groups excluding carboxylic acids is 1. The number of anilines is 1. The minimum atomic E-state index is -0.0821. The monoisotopic (exact) mass is 342 g/mol. The van der Waals surface area contributed by atoms with Crippen LogP contribution in [0.5, 0.6) is 5.75 Å². The lowest BCUT2D eigenvalue weighted by atomic mass is 10.2. The molecule has 7 heteroatoms. The van der Waals surface area contributed by atoms with E-state index in [-0.39, 0.29) is 5.91 Å². The van der Waals surface area contributed by atoms with Gasteiger partial charge >= 0.3 is 0 Å². The van der Waals surface area contributed by atoms with Gasteiger partial charge in [0.15, 0.2) is 0 Å². The summed E-state index contributed by atoms with van der Waals surface area (Å²) in [5.74, 6) is 1.94. The van der Waals surface area contributed by atoms with Crippen molar-refractivity contribution in [2.24, 2.45) is 0 Å². The summed E-state index contributed by atoms with van der Waals surface area (Å²) >= 11 is 0. The van der Waals surface area contributed by atoms with Crippen LogP contribution in [0.1, 0.15) is 21.9 Å². The zero-order valence-electron chi connectivity index (χ0n) is 14.5. The van der Waals surface area contributed by atoms with Crippen LogP contribution in [0.2, 0.25) is 0 Å². The van der Waals surface area contributed by atoms with E-state index in [4.69, 9.17) is 9.47 Å². The van der Waals surface area contributed by atoms with E-state index in [1.807, 2.05) is 24.3 Å². The van der Waals surface area contributed by atoms with Gasteiger partial charge in [0.2, 0.25) is 0 Å². The van der Waals surface area contributed by atoms with E-state index in [0.29, 0.717) is 50.2 Å². The lowest BCUT2D eigenvalue weighted by Crippen LogP contribution is -2.41. The molecule has 2 heterocycles. The highest BCUT2D eigenvalue weighted by atomic mass is 16.5. The van der Waals surface area contributed by atoms with Crippen LogP contribution in [-0.4, -0.2) is 54.2 Å². The van der Waals surface area contributed by atoms with E-state index >= 15 is 0 Å². The molecule has 1 aliphatic heterocycles. The van der Waals surface area contributed by atoms with E-state index in [1.165, 1.54) is 0 Å². The number of benzene rings is 1. The predicted octanol–water partition coefficient (Wildman–Crippen LogP) is 1.88. The molecule has 0 bridgehead atoms. The second-order valence-electron chi connectivity index (χ2n) is 5.79. The van der Waals surface area contributed by atoms with Gasteiger partial charge in [-0.05, 0) is 24.6 Å².